The molecule has 0 aliphatic heterocycles. The van der Waals surface area contributed by atoms with Gasteiger partial charge in [0.15, 0.2) is 5.41 Å². The lowest BCUT2D eigenvalue weighted by Crippen LogP contribution is -2.24. The molecule has 3 rings (SSSR count). The molecular weight excluding hydrogens is 270 g/mol. The SMILES string of the molecule is N#Cc1ccc(C2=CC3=CC=CC=CC3C2(C#N)C#N)cc1. The van der Waals surface area contributed by atoms with Crippen LogP contribution in [-0.2, 0) is 0 Å². The number of fused-ring (bicyclic) bond motifs is 1. The molecule has 0 saturated carbocycles. The van der Waals surface area contributed by atoms with Gasteiger partial charge in [0.2, 0.25) is 0 Å². The van der Waals surface area contributed by atoms with Crippen molar-refractivity contribution in [1.82, 2.24) is 0 Å². The van der Waals surface area contributed by atoms with E-state index >= 15 is 0 Å². The van der Waals surface area contributed by atoms with Crippen LogP contribution in [-0.4, -0.2) is 0 Å². The molecule has 2 aliphatic carbocycles. The molecule has 0 N–H and O–H groups in total. The van der Waals surface area contributed by atoms with Crippen LogP contribution in [0.25, 0.3) is 5.57 Å². The second-order valence-corrected chi connectivity index (χ2v) is 5.19. The fraction of sp³-hybridized carbons (Fsp3) is 0.105. The summed E-state index contributed by atoms with van der Waals surface area (Å²) in [4.78, 5) is 0. The average Bonchev–Trinajstić information content (AvgIpc) is 2.71. The predicted molar refractivity (Wildman–Crippen MR) is 82.6 cm³/mol. The molecule has 0 saturated heterocycles. The molecule has 3 nitrogen and oxygen atoms in total. The van der Waals surface area contributed by atoms with Crippen LogP contribution in [0.4, 0.5) is 0 Å². The molecule has 102 valence electrons. The van der Waals surface area contributed by atoms with E-state index in [0.29, 0.717) is 11.1 Å². The van der Waals surface area contributed by atoms with E-state index in [1.165, 1.54) is 0 Å². The van der Waals surface area contributed by atoms with Gasteiger partial charge in [-0.25, -0.2) is 0 Å². The Balaban J connectivity index is 2.18. The average molecular weight is 281 g/mol. The van der Waals surface area contributed by atoms with Gasteiger partial charge in [-0.2, -0.15) is 15.8 Å². The molecule has 0 bridgehead atoms. The summed E-state index contributed by atoms with van der Waals surface area (Å²) in [6.45, 7) is 0. The summed E-state index contributed by atoms with van der Waals surface area (Å²) in [6.07, 6.45) is 11.4. The molecule has 0 radical (unpaired) electrons. The highest BCUT2D eigenvalue weighted by Crippen LogP contribution is 2.51. The van der Waals surface area contributed by atoms with Gasteiger partial charge >= 0.3 is 0 Å². The number of nitriles is 3. The zero-order chi connectivity index (χ0) is 15.6. The van der Waals surface area contributed by atoms with Crippen LogP contribution in [0.2, 0.25) is 0 Å². The quantitative estimate of drug-likeness (QED) is 0.788. The third-order valence-corrected chi connectivity index (χ3v) is 4.05. The minimum Gasteiger partial charge on any atom is -0.196 e. The third kappa shape index (κ3) is 1.87. The lowest BCUT2D eigenvalue weighted by molar-refractivity contribution is 0.578. The Hall–Kier alpha value is -3.35. The lowest BCUT2D eigenvalue weighted by Gasteiger charge is -2.23. The molecule has 2 aliphatic rings. The van der Waals surface area contributed by atoms with E-state index in [9.17, 15) is 10.5 Å². The molecular formula is C19H11N3. The monoisotopic (exact) mass is 281 g/mol. The zero-order valence-electron chi connectivity index (χ0n) is 11.7. The Morgan fingerprint density at radius 2 is 1.64 bits per heavy atom. The summed E-state index contributed by atoms with van der Waals surface area (Å²) in [5.74, 6) is -0.275. The molecule has 0 heterocycles. The first-order chi connectivity index (χ1) is 10.7. The van der Waals surface area contributed by atoms with Crippen molar-refractivity contribution < 1.29 is 0 Å². The van der Waals surface area contributed by atoms with E-state index in [2.05, 4.69) is 18.2 Å². The topological polar surface area (TPSA) is 71.4 Å². The summed E-state index contributed by atoms with van der Waals surface area (Å²) < 4.78 is 0. The summed E-state index contributed by atoms with van der Waals surface area (Å²) >= 11 is 0. The summed E-state index contributed by atoms with van der Waals surface area (Å²) in [5.41, 5.74) is 1.76. The Morgan fingerprint density at radius 3 is 2.27 bits per heavy atom. The standard InChI is InChI=1S/C19H11N3/c20-11-14-6-8-15(9-7-14)18-10-16-4-2-1-3-5-17(16)19(18,12-21)13-22/h1-10,17H. The maximum atomic E-state index is 9.73. The molecule has 0 amide bonds. The van der Waals surface area contributed by atoms with E-state index in [1.807, 2.05) is 36.5 Å². The van der Waals surface area contributed by atoms with Crippen molar-refractivity contribution >= 4 is 5.57 Å². The summed E-state index contributed by atoms with van der Waals surface area (Å²) in [6, 6.07) is 13.5. The van der Waals surface area contributed by atoms with Crippen molar-refractivity contribution in [2.75, 3.05) is 0 Å². The smallest absolute Gasteiger partial charge is 0.179 e. The number of hydrogen-bond donors (Lipinski definition) is 0. The normalized spacial score (nSPS) is 20.7. The van der Waals surface area contributed by atoms with Crippen LogP contribution in [0, 0.1) is 45.3 Å². The van der Waals surface area contributed by atoms with Gasteiger partial charge < -0.3 is 0 Å². The van der Waals surface area contributed by atoms with Gasteiger partial charge in [0.05, 0.1) is 23.8 Å². The van der Waals surface area contributed by atoms with Gasteiger partial charge in [-0.15, -0.1) is 0 Å². The van der Waals surface area contributed by atoms with Crippen LogP contribution in [0.1, 0.15) is 11.1 Å². The van der Waals surface area contributed by atoms with Crippen molar-refractivity contribution in [3.8, 4) is 18.2 Å². The van der Waals surface area contributed by atoms with Crippen molar-refractivity contribution in [2.45, 2.75) is 0 Å². The van der Waals surface area contributed by atoms with Crippen molar-refractivity contribution in [3.05, 3.63) is 77.4 Å². The molecule has 0 spiro atoms. The molecule has 0 fully saturated rings. The van der Waals surface area contributed by atoms with E-state index < -0.39 is 5.41 Å². The number of nitrogens with zero attached hydrogens (tertiary/aromatic N) is 3. The Labute approximate surface area is 129 Å². The van der Waals surface area contributed by atoms with Crippen molar-refractivity contribution in [3.63, 3.8) is 0 Å². The second kappa shape index (κ2) is 5.21. The lowest BCUT2D eigenvalue weighted by atomic mass is 9.73. The van der Waals surface area contributed by atoms with E-state index in [1.54, 1.807) is 24.3 Å². The van der Waals surface area contributed by atoms with Crippen LogP contribution >= 0.6 is 0 Å². The highest BCUT2D eigenvalue weighted by molar-refractivity contribution is 5.83. The molecule has 0 aromatic heterocycles. The first-order valence-corrected chi connectivity index (χ1v) is 6.85. The van der Waals surface area contributed by atoms with Gasteiger partial charge in [0, 0.05) is 5.92 Å². The Kier molecular flexibility index (Phi) is 3.23. The Morgan fingerprint density at radius 1 is 0.909 bits per heavy atom. The van der Waals surface area contributed by atoms with Gasteiger partial charge in [0.1, 0.15) is 0 Å². The number of rotatable bonds is 1. The second-order valence-electron chi connectivity index (χ2n) is 5.19. The van der Waals surface area contributed by atoms with Crippen LogP contribution in [0.5, 0.6) is 0 Å². The Bertz CT molecular complexity index is 845. The number of allylic oxidation sites excluding steroid dienone is 8. The van der Waals surface area contributed by atoms with Gasteiger partial charge in [-0.1, -0.05) is 48.6 Å². The maximum absolute atomic E-state index is 9.73. The van der Waals surface area contributed by atoms with Crippen LogP contribution < -0.4 is 0 Å². The van der Waals surface area contributed by atoms with Crippen molar-refractivity contribution in [1.29, 1.82) is 15.8 Å². The largest absolute Gasteiger partial charge is 0.196 e. The highest BCUT2D eigenvalue weighted by atomic mass is 14.5. The van der Waals surface area contributed by atoms with Gasteiger partial charge in [-0.05, 0) is 28.8 Å². The number of benzene rings is 1. The zero-order valence-corrected chi connectivity index (χ0v) is 11.7. The number of hydrogen-bond acceptors (Lipinski definition) is 3. The molecule has 1 atom stereocenters. The molecule has 22 heavy (non-hydrogen) atoms. The first kappa shape index (κ1) is 13.6. The van der Waals surface area contributed by atoms with Crippen molar-refractivity contribution in [2.24, 2.45) is 11.3 Å². The first-order valence-electron chi connectivity index (χ1n) is 6.85. The maximum Gasteiger partial charge on any atom is 0.179 e. The van der Waals surface area contributed by atoms with E-state index in [-0.39, 0.29) is 5.92 Å². The van der Waals surface area contributed by atoms with E-state index in [4.69, 9.17) is 5.26 Å². The van der Waals surface area contributed by atoms with Crippen LogP contribution in [0.15, 0.2) is 66.3 Å². The fourth-order valence-electron chi connectivity index (χ4n) is 2.92. The fourth-order valence-corrected chi connectivity index (χ4v) is 2.92. The highest BCUT2D eigenvalue weighted by Gasteiger charge is 2.48. The van der Waals surface area contributed by atoms with Gasteiger partial charge in [0.25, 0.3) is 0 Å². The van der Waals surface area contributed by atoms with Crippen LogP contribution in [0.3, 0.4) is 0 Å². The predicted octanol–water partition coefficient (Wildman–Crippen LogP) is 3.66. The molecule has 1 aromatic rings. The minimum atomic E-state index is -1.23. The van der Waals surface area contributed by atoms with Gasteiger partial charge in [-0.3, -0.25) is 0 Å². The third-order valence-electron chi connectivity index (χ3n) is 4.05. The molecule has 1 unspecified atom stereocenters. The molecule has 3 heteroatoms. The molecule has 1 aromatic carbocycles. The minimum absolute atomic E-state index is 0.275. The van der Waals surface area contributed by atoms with E-state index in [0.717, 1.165) is 11.1 Å². The summed E-state index contributed by atoms with van der Waals surface area (Å²) in [7, 11) is 0. The summed E-state index contributed by atoms with van der Waals surface area (Å²) in [5, 5.41) is 28.4.